The van der Waals surface area contributed by atoms with Gasteiger partial charge in [0.1, 0.15) is 23.5 Å². The van der Waals surface area contributed by atoms with Crippen molar-refractivity contribution in [2.45, 2.75) is 44.7 Å². The molecule has 6 heteroatoms. The molecule has 1 N–H and O–H groups in total. The molecule has 2 aliphatic heterocycles. The van der Waals surface area contributed by atoms with Crippen LogP contribution in [0.5, 0.6) is 0 Å². The summed E-state index contributed by atoms with van der Waals surface area (Å²) in [6.07, 6.45) is 3.51. The first kappa shape index (κ1) is 17.3. The average Bonchev–Trinajstić information content (AvgIpc) is 3.26. The Hall–Kier alpha value is -2.57. The fraction of sp³-hybridized carbons (Fsp3) is 0.526. The van der Waals surface area contributed by atoms with Gasteiger partial charge in [0.05, 0.1) is 7.11 Å². The van der Waals surface area contributed by atoms with E-state index in [1.54, 1.807) is 12.1 Å². The first-order valence-corrected chi connectivity index (χ1v) is 8.60. The lowest BCUT2D eigenvalue weighted by atomic mass is 9.74. The lowest BCUT2D eigenvalue weighted by Gasteiger charge is -2.38. The monoisotopic (exact) mass is 339 g/mol. The van der Waals surface area contributed by atoms with Gasteiger partial charge in [-0.3, -0.25) is 0 Å². The smallest absolute Gasteiger partial charge is 0.373 e. The molecule has 0 radical (unpaired) electrons. The summed E-state index contributed by atoms with van der Waals surface area (Å²) in [5.74, 6) is 0.540. The summed E-state index contributed by atoms with van der Waals surface area (Å²) in [5, 5.41) is 22.5. The number of carbonyl (C=O) groups is 1. The minimum Gasteiger partial charge on any atom is -0.463 e. The molecule has 25 heavy (non-hydrogen) atoms. The van der Waals surface area contributed by atoms with Crippen LogP contribution in [0.3, 0.4) is 0 Å². The second-order valence-corrected chi connectivity index (χ2v) is 6.59. The molecule has 0 aliphatic carbocycles. The zero-order chi connectivity index (χ0) is 18.0. The molecule has 0 unspecified atom stereocenters. The largest absolute Gasteiger partial charge is 0.463 e. The number of carbonyl (C=O) groups excluding carboxylic acids is 1. The number of nitrogens with one attached hydrogen (secondary N) is 1. The van der Waals surface area contributed by atoms with Gasteiger partial charge in [0.2, 0.25) is 5.76 Å². The van der Waals surface area contributed by atoms with Crippen LogP contribution in [-0.4, -0.2) is 25.2 Å². The Morgan fingerprint density at radius 1 is 1.28 bits per heavy atom. The fourth-order valence-electron chi connectivity index (χ4n) is 4.34. The van der Waals surface area contributed by atoms with Crippen LogP contribution in [0.2, 0.25) is 0 Å². The predicted octanol–water partition coefficient (Wildman–Crippen LogP) is 2.73. The summed E-state index contributed by atoms with van der Waals surface area (Å²) < 4.78 is 10.3. The molecule has 3 heterocycles. The van der Waals surface area contributed by atoms with E-state index >= 15 is 0 Å². The molecule has 2 saturated heterocycles. The van der Waals surface area contributed by atoms with Gasteiger partial charge in [-0.1, -0.05) is 6.92 Å². The maximum atomic E-state index is 11.6. The molecule has 6 nitrogen and oxygen atoms in total. The Morgan fingerprint density at radius 2 is 1.96 bits per heavy atom. The molecular formula is C19H21N3O3. The number of hydrogen-bond acceptors (Lipinski definition) is 6. The molecule has 2 fully saturated rings. The molecule has 0 amide bonds. The van der Waals surface area contributed by atoms with Crippen LogP contribution >= 0.6 is 0 Å². The van der Waals surface area contributed by atoms with Gasteiger partial charge in [0, 0.05) is 24.4 Å². The third-order valence-electron chi connectivity index (χ3n) is 5.41. The molecule has 0 saturated carbocycles. The molecule has 130 valence electrons. The molecule has 2 bridgehead atoms. The van der Waals surface area contributed by atoms with Gasteiger partial charge in [-0.15, -0.1) is 0 Å². The van der Waals surface area contributed by atoms with Crippen molar-refractivity contribution in [1.29, 1.82) is 10.5 Å². The van der Waals surface area contributed by atoms with Crippen LogP contribution in [0, 0.1) is 34.5 Å². The molecular weight excluding hydrogens is 318 g/mol. The molecule has 3 rings (SSSR count). The van der Waals surface area contributed by atoms with Crippen molar-refractivity contribution >= 4 is 5.97 Å². The van der Waals surface area contributed by atoms with Gasteiger partial charge in [-0.25, -0.2) is 4.79 Å². The van der Waals surface area contributed by atoms with E-state index in [0.717, 1.165) is 24.8 Å². The van der Waals surface area contributed by atoms with Crippen LogP contribution in [0.15, 0.2) is 27.7 Å². The zero-order valence-corrected chi connectivity index (χ0v) is 14.4. The number of allylic oxidation sites excluding steroid dienone is 1. The Balaban J connectivity index is 1.95. The molecule has 2 aliphatic rings. The van der Waals surface area contributed by atoms with Crippen LogP contribution in [-0.2, 0) is 11.2 Å². The van der Waals surface area contributed by atoms with E-state index in [-0.39, 0.29) is 29.2 Å². The van der Waals surface area contributed by atoms with Crippen LogP contribution in [0.4, 0.5) is 0 Å². The standard InChI is InChI=1S/C19H21N3O3/c1-3-13-15-5-6-16(22-15)14(18(13)11(9-20)10-21)8-12-4-7-17(25-12)19(23)24-2/h4,7,13-16,22H,3,5-6,8H2,1-2H3/t13-,14+,15-,16+/m0/s1. The number of ether oxygens (including phenoxy) is 1. The van der Waals surface area contributed by atoms with E-state index in [9.17, 15) is 15.3 Å². The normalized spacial score (nSPS) is 27.4. The van der Waals surface area contributed by atoms with Crippen molar-refractivity contribution in [3.8, 4) is 12.1 Å². The zero-order valence-electron chi connectivity index (χ0n) is 14.4. The summed E-state index contributed by atoms with van der Waals surface area (Å²) in [7, 11) is 1.31. The number of nitriles is 2. The maximum Gasteiger partial charge on any atom is 0.373 e. The third-order valence-corrected chi connectivity index (χ3v) is 5.41. The van der Waals surface area contributed by atoms with Crippen LogP contribution in [0.25, 0.3) is 0 Å². The maximum absolute atomic E-state index is 11.6. The molecule has 0 aromatic carbocycles. The highest BCUT2D eigenvalue weighted by atomic mass is 16.5. The minimum atomic E-state index is -0.508. The average molecular weight is 339 g/mol. The molecule has 1 aromatic heterocycles. The van der Waals surface area contributed by atoms with Gasteiger partial charge in [-0.2, -0.15) is 10.5 Å². The quantitative estimate of drug-likeness (QED) is 0.669. The number of hydrogen-bond donors (Lipinski definition) is 1. The highest BCUT2D eigenvalue weighted by molar-refractivity contribution is 5.86. The van der Waals surface area contributed by atoms with Crippen molar-refractivity contribution < 1.29 is 13.9 Å². The predicted molar refractivity (Wildman–Crippen MR) is 89.2 cm³/mol. The van der Waals surface area contributed by atoms with Crippen LogP contribution in [0.1, 0.15) is 42.5 Å². The summed E-state index contributed by atoms with van der Waals surface area (Å²) in [6.45, 7) is 2.09. The minimum absolute atomic E-state index is 0.0228. The van der Waals surface area contributed by atoms with Crippen molar-refractivity contribution in [3.05, 3.63) is 34.8 Å². The van der Waals surface area contributed by atoms with Gasteiger partial charge in [-0.05, 0) is 42.9 Å². The first-order valence-electron chi connectivity index (χ1n) is 8.60. The number of nitrogens with zero attached hydrogens (tertiary/aromatic N) is 2. The number of fused-ring (bicyclic) bond motifs is 2. The van der Waals surface area contributed by atoms with Gasteiger partial charge < -0.3 is 14.5 Å². The van der Waals surface area contributed by atoms with E-state index in [2.05, 4.69) is 29.1 Å². The summed E-state index contributed by atoms with van der Waals surface area (Å²) >= 11 is 0. The second kappa shape index (κ2) is 7.13. The van der Waals surface area contributed by atoms with E-state index < -0.39 is 5.97 Å². The number of esters is 1. The van der Waals surface area contributed by atoms with Crippen molar-refractivity contribution in [1.82, 2.24) is 5.32 Å². The van der Waals surface area contributed by atoms with E-state index in [0.29, 0.717) is 18.2 Å². The number of rotatable bonds is 4. The number of methoxy groups -OCH3 is 1. The topological polar surface area (TPSA) is 99.1 Å². The molecule has 4 atom stereocenters. The molecule has 1 aromatic rings. The van der Waals surface area contributed by atoms with Gasteiger partial charge in [0.15, 0.2) is 0 Å². The SMILES string of the molecule is CC[C@@H]1C(=C(C#N)C#N)[C@H](Cc2ccc(C(=O)OC)o2)[C@H]2CC[C@@H]1N2. The molecule has 0 spiro atoms. The van der Waals surface area contributed by atoms with Crippen molar-refractivity contribution in [3.63, 3.8) is 0 Å². The summed E-state index contributed by atoms with van der Waals surface area (Å²) in [4.78, 5) is 11.6. The second-order valence-electron chi connectivity index (χ2n) is 6.59. The highest BCUT2D eigenvalue weighted by Crippen LogP contribution is 2.43. The summed E-state index contributed by atoms with van der Waals surface area (Å²) in [6, 6.07) is 8.11. The van der Waals surface area contributed by atoms with Crippen LogP contribution < -0.4 is 5.32 Å². The Labute approximate surface area is 147 Å². The van der Waals surface area contributed by atoms with Gasteiger partial charge in [0.25, 0.3) is 0 Å². The van der Waals surface area contributed by atoms with E-state index in [4.69, 9.17) is 4.42 Å². The van der Waals surface area contributed by atoms with Crippen molar-refractivity contribution in [2.24, 2.45) is 11.8 Å². The third kappa shape index (κ3) is 3.06. The lowest BCUT2D eigenvalue weighted by molar-refractivity contribution is 0.0562. The Morgan fingerprint density at radius 3 is 2.56 bits per heavy atom. The summed E-state index contributed by atoms with van der Waals surface area (Å²) in [5.41, 5.74) is 1.18. The van der Waals surface area contributed by atoms with Gasteiger partial charge >= 0.3 is 5.97 Å². The fourth-order valence-corrected chi connectivity index (χ4v) is 4.34. The lowest BCUT2D eigenvalue weighted by Crippen LogP contribution is -2.48. The van der Waals surface area contributed by atoms with Crippen molar-refractivity contribution in [2.75, 3.05) is 7.11 Å². The van der Waals surface area contributed by atoms with E-state index in [1.165, 1.54) is 7.11 Å². The number of furan rings is 1. The number of piperidine rings is 1. The Kier molecular flexibility index (Phi) is 4.92. The van der Waals surface area contributed by atoms with E-state index in [1.807, 2.05) is 0 Å². The Bertz CT molecular complexity index is 765. The highest BCUT2D eigenvalue weighted by Gasteiger charge is 2.45. The first-order chi connectivity index (χ1) is 12.1.